The number of rotatable bonds is 19. The fourth-order valence-electron chi connectivity index (χ4n) is 2.82. The van der Waals surface area contributed by atoms with Gasteiger partial charge in [0.15, 0.2) is 0 Å². The van der Waals surface area contributed by atoms with E-state index >= 15 is 0 Å². The molecule has 0 saturated carbocycles. The van der Waals surface area contributed by atoms with Crippen LogP contribution in [-0.2, 0) is 33.6 Å². The summed E-state index contributed by atoms with van der Waals surface area (Å²) in [6.45, 7) is 0. The zero-order valence-corrected chi connectivity index (χ0v) is 20.5. The molecule has 0 aromatic carbocycles. The van der Waals surface area contributed by atoms with E-state index in [1.807, 2.05) is 0 Å². The van der Waals surface area contributed by atoms with Crippen molar-refractivity contribution in [2.24, 2.45) is 11.5 Å². The zero-order valence-electron chi connectivity index (χ0n) is 19.7. The van der Waals surface area contributed by atoms with Gasteiger partial charge in [0.25, 0.3) is 0 Å². The number of aliphatic carboxylic acids is 3. The molecule has 0 fully saturated rings. The van der Waals surface area contributed by atoms with E-state index in [1.165, 1.54) is 11.8 Å². The summed E-state index contributed by atoms with van der Waals surface area (Å²) in [5.41, 5.74) is 10.7. The lowest BCUT2D eigenvalue weighted by Gasteiger charge is -2.25. The summed E-state index contributed by atoms with van der Waals surface area (Å²) in [5.74, 6) is -6.93. The van der Waals surface area contributed by atoms with Gasteiger partial charge < -0.3 is 42.7 Å². The summed E-state index contributed by atoms with van der Waals surface area (Å²) in [4.78, 5) is 82.0. The lowest BCUT2D eigenvalue weighted by Crippen LogP contribution is -2.57. The molecule has 0 rings (SSSR count). The Labute approximate surface area is 211 Å². The second kappa shape index (κ2) is 17.1. The molecule has 16 heteroatoms. The smallest absolute Gasteiger partial charge is 0.326 e. The van der Waals surface area contributed by atoms with Crippen LogP contribution in [0.4, 0.5) is 0 Å². The molecule has 0 saturated heterocycles. The number of hydrogen-bond acceptors (Lipinski definition) is 9. The van der Waals surface area contributed by atoms with Crippen LogP contribution in [0.2, 0.25) is 0 Å². The minimum Gasteiger partial charge on any atom is -0.481 e. The Balaban J connectivity index is 5.53. The number of carboxylic acid groups (broad SMARTS) is 3. The molecule has 10 N–H and O–H groups in total. The van der Waals surface area contributed by atoms with Crippen molar-refractivity contribution in [2.45, 2.75) is 69.1 Å². The van der Waals surface area contributed by atoms with Gasteiger partial charge in [-0.25, -0.2) is 4.79 Å². The summed E-state index contributed by atoms with van der Waals surface area (Å²) in [6, 6.07) is -5.39. The van der Waals surface area contributed by atoms with E-state index in [1.54, 1.807) is 6.26 Å². The molecule has 0 aliphatic heterocycles. The highest BCUT2D eigenvalue weighted by molar-refractivity contribution is 7.98. The first-order chi connectivity index (χ1) is 16.8. The van der Waals surface area contributed by atoms with Crippen molar-refractivity contribution in [2.75, 3.05) is 12.0 Å². The topological polar surface area (TPSA) is 268 Å². The maximum atomic E-state index is 12.9. The minimum absolute atomic E-state index is 0.105. The van der Waals surface area contributed by atoms with Gasteiger partial charge in [0.2, 0.25) is 23.6 Å². The second-order valence-electron chi connectivity index (χ2n) is 7.78. The highest BCUT2D eigenvalue weighted by Crippen LogP contribution is 2.07. The van der Waals surface area contributed by atoms with Crippen molar-refractivity contribution in [3.8, 4) is 0 Å². The van der Waals surface area contributed by atoms with Gasteiger partial charge in [0.1, 0.15) is 18.1 Å². The van der Waals surface area contributed by atoms with Crippen LogP contribution in [0.3, 0.4) is 0 Å². The lowest BCUT2D eigenvalue weighted by atomic mass is 10.1. The fraction of sp³-hybridized carbons (Fsp3) is 0.650. The minimum atomic E-state index is -1.52. The predicted molar refractivity (Wildman–Crippen MR) is 127 cm³/mol. The first-order valence-corrected chi connectivity index (χ1v) is 12.3. The molecule has 15 nitrogen and oxygen atoms in total. The number of nitrogens with one attached hydrogen (secondary N) is 3. The van der Waals surface area contributed by atoms with Gasteiger partial charge in [-0.3, -0.25) is 28.8 Å². The highest BCUT2D eigenvalue weighted by atomic mass is 32.2. The van der Waals surface area contributed by atoms with E-state index in [9.17, 15) is 38.7 Å². The predicted octanol–water partition coefficient (Wildman–Crippen LogP) is -2.40. The average molecular weight is 536 g/mol. The first-order valence-electron chi connectivity index (χ1n) is 10.9. The summed E-state index contributed by atoms with van der Waals surface area (Å²) >= 11 is 1.36. The van der Waals surface area contributed by atoms with Crippen LogP contribution in [0.5, 0.6) is 0 Å². The Hall–Kier alpha value is -3.40. The van der Waals surface area contributed by atoms with E-state index < -0.39 is 78.5 Å². The molecule has 0 aliphatic rings. The number of carboxylic acids is 3. The molecule has 0 bridgehead atoms. The summed E-state index contributed by atoms with van der Waals surface area (Å²) < 4.78 is 0. The van der Waals surface area contributed by atoms with E-state index in [4.69, 9.17) is 21.7 Å². The van der Waals surface area contributed by atoms with E-state index in [2.05, 4.69) is 16.0 Å². The van der Waals surface area contributed by atoms with Crippen molar-refractivity contribution in [1.29, 1.82) is 0 Å². The molecule has 0 aromatic heterocycles. The third kappa shape index (κ3) is 14.1. The Bertz CT molecular complexity index is 825. The zero-order chi connectivity index (χ0) is 27.8. The molecule has 0 aromatic rings. The molecule has 36 heavy (non-hydrogen) atoms. The van der Waals surface area contributed by atoms with Gasteiger partial charge in [-0.05, 0) is 37.7 Å². The van der Waals surface area contributed by atoms with Crippen molar-refractivity contribution < 1.29 is 48.9 Å². The molecule has 0 spiro atoms. The van der Waals surface area contributed by atoms with Gasteiger partial charge >= 0.3 is 17.9 Å². The van der Waals surface area contributed by atoms with Crippen LogP contribution in [0.1, 0.15) is 44.9 Å². The molecule has 4 atom stereocenters. The van der Waals surface area contributed by atoms with Crippen LogP contribution >= 0.6 is 11.8 Å². The van der Waals surface area contributed by atoms with Gasteiger partial charge in [-0.1, -0.05) is 0 Å². The third-order valence-corrected chi connectivity index (χ3v) is 5.47. The Morgan fingerprint density at radius 2 is 1.14 bits per heavy atom. The van der Waals surface area contributed by atoms with Gasteiger partial charge in [0.05, 0.1) is 6.04 Å². The van der Waals surface area contributed by atoms with Crippen molar-refractivity contribution in [1.82, 2.24) is 16.0 Å². The summed E-state index contributed by atoms with van der Waals surface area (Å²) in [5, 5.41) is 33.9. The number of hydrogen-bond donors (Lipinski definition) is 8. The van der Waals surface area contributed by atoms with Crippen LogP contribution in [0, 0.1) is 0 Å². The average Bonchev–Trinajstić information content (AvgIpc) is 2.79. The highest BCUT2D eigenvalue weighted by Gasteiger charge is 2.30. The normalized spacial score (nSPS) is 13.9. The largest absolute Gasteiger partial charge is 0.481 e. The van der Waals surface area contributed by atoms with Crippen LogP contribution in [0.15, 0.2) is 0 Å². The van der Waals surface area contributed by atoms with Gasteiger partial charge in [-0.15, -0.1) is 0 Å². The molecule has 0 radical (unpaired) electrons. The fourth-order valence-corrected chi connectivity index (χ4v) is 3.29. The molecule has 4 unspecified atom stereocenters. The first kappa shape index (κ1) is 32.6. The van der Waals surface area contributed by atoms with Crippen LogP contribution in [0.25, 0.3) is 0 Å². The number of carbonyl (C=O) groups is 7. The Morgan fingerprint density at radius 1 is 0.694 bits per heavy atom. The van der Waals surface area contributed by atoms with Crippen LogP contribution in [-0.4, -0.2) is 93.0 Å². The molecule has 0 aliphatic carbocycles. The number of thioether (sulfide) groups is 1. The maximum Gasteiger partial charge on any atom is 0.326 e. The van der Waals surface area contributed by atoms with E-state index in [0.717, 1.165) is 0 Å². The van der Waals surface area contributed by atoms with Crippen molar-refractivity contribution in [3.05, 3.63) is 0 Å². The van der Waals surface area contributed by atoms with Gasteiger partial charge in [0, 0.05) is 19.3 Å². The maximum absolute atomic E-state index is 12.9. The number of amides is 4. The van der Waals surface area contributed by atoms with Crippen molar-refractivity contribution >= 4 is 53.3 Å². The number of primary amides is 1. The lowest BCUT2D eigenvalue weighted by molar-refractivity contribution is -0.143. The molecule has 0 heterocycles. The van der Waals surface area contributed by atoms with Crippen molar-refractivity contribution in [3.63, 3.8) is 0 Å². The third-order valence-electron chi connectivity index (χ3n) is 4.82. The number of carbonyl (C=O) groups excluding carboxylic acids is 4. The van der Waals surface area contributed by atoms with Gasteiger partial charge in [-0.2, -0.15) is 11.8 Å². The quantitative estimate of drug-likeness (QED) is 0.0860. The second-order valence-corrected chi connectivity index (χ2v) is 8.77. The summed E-state index contributed by atoms with van der Waals surface area (Å²) in [7, 11) is 0. The number of nitrogens with two attached hydrogens (primary N) is 2. The standard InChI is InChI=1S/C20H33N5O10S/c1-36-9-8-12(23-17(31)10(21)2-6-15(27)28)19(33)24-11(4-7-16(29)30)18(32)25-13(20(34)35)3-5-14(22)26/h10-13H,2-9,21H2,1H3,(H2,22,26)(H,23,31)(H,24,33)(H,25,32)(H,27,28)(H,29,30)(H,34,35). The molecule has 4 amide bonds. The molecular formula is C20H33N5O10S. The monoisotopic (exact) mass is 535 g/mol. The molecule has 204 valence electrons. The SMILES string of the molecule is CSCCC(NC(=O)C(N)CCC(=O)O)C(=O)NC(CCC(=O)O)C(=O)NC(CCC(N)=O)C(=O)O. The van der Waals surface area contributed by atoms with E-state index in [-0.39, 0.29) is 32.1 Å². The Morgan fingerprint density at radius 3 is 1.61 bits per heavy atom. The Kier molecular flexibility index (Phi) is 15.5. The summed E-state index contributed by atoms with van der Waals surface area (Å²) in [6.07, 6.45) is -0.289. The van der Waals surface area contributed by atoms with Crippen LogP contribution < -0.4 is 27.4 Å². The van der Waals surface area contributed by atoms with E-state index in [0.29, 0.717) is 5.75 Å². The molecular weight excluding hydrogens is 502 g/mol.